The van der Waals surface area contributed by atoms with Crippen molar-refractivity contribution in [2.75, 3.05) is 32.7 Å². The molecule has 0 radical (unpaired) electrons. The Morgan fingerprint density at radius 1 is 1.47 bits per heavy atom. The Morgan fingerprint density at radius 3 is 2.63 bits per heavy atom. The Labute approximate surface area is 116 Å². The number of thiophene rings is 1. The van der Waals surface area contributed by atoms with Gasteiger partial charge in [0.1, 0.15) is 6.04 Å². The lowest BCUT2D eigenvalue weighted by atomic mass is 10.2. The second kappa shape index (κ2) is 6.10. The summed E-state index contributed by atoms with van der Waals surface area (Å²) in [6, 6.07) is 5.08. The van der Waals surface area contributed by atoms with Crippen LogP contribution < -0.4 is 0 Å². The van der Waals surface area contributed by atoms with Crippen molar-refractivity contribution < 1.29 is 4.92 Å². The molecule has 1 atom stereocenters. The summed E-state index contributed by atoms with van der Waals surface area (Å²) in [5, 5.41) is 20.1. The number of hydrogen-bond donors (Lipinski definition) is 0. The van der Waals surface area contributed by atoms with E-state index in [4.69, 9.17) is 0 Å². The van der Waals surface area contributed by atoms with Crippen LogP contribution in [-0.2, 0) is 0 Å². The van der Waals surface area contributed by atoms with Gasteiger partial charge in [-0.05, 0) is 12.6 Å². The van der Waals surface area contributed by atoms with Crippen LogP contribution in [0.2, 0.25) is 0 Å². The molecule has 1 aromatic rings. The van der Waals surface area contributed by atoms with E-state index in [0.29, 0.717) is 0 Å². The van der Waals surface area contributed by atoms with E-state index in [1.165, 1.54) is 6.07 Å². The summed E-state index contributed by atoms with van der Waals surface area (Å²) in [5.41, 5.74) is 0. The first-order valence-corrected chi connectivity index (χ1v) is 7.07. The summed E-state index contributed by atoms with van der Waals surface area (Å²) in [6.45, 7) is 6.70. The molecule has 0 spiro atoms. The highest BCUT2D eigenvalue weighted by atomic mass is 32.1. The monoisotopic (exact) mass is 280 g/mol. The van der Waals surface area contributed by atoms with Gasteiger partial charge in [-0.1, -0.05) is 18.3 Å². The molecule has 7 heteroatoms. The predicted molar refractivity (Wildman–Crippen MR) is 73.0 cm³/mol. The lowest BCUT2D eigenvalue weighted by Gasteiger charge is -2.35. The number of nitrogens with zero attached hydrogens (tertiary/aromatic N) is 4. The number of rotatable bonds is 4. The van der Waals surface area contributed by atoms with E-state index < -0.39 is 4.92 Å². The summed E-state index contributed by atoms with van der Waals surface area (Å²) in [4.78, 5) is 15.5. The minimum atomic E-state index is -0.405. The molecular formula is C12H16N4O2S. The quantitative estimate of drug-likeness (QED) is 0.621. The van der Waals surface area contributed by atoms with E-state index in [9.17, 15) is 15.4 Å². The van der Waals surface area contributed by atoms with E-state index in [-0.39, 0.29) is 11.0 Å². The van der Waals surface area contributed by atoms with Crippen LogP contribution in [0.1, 0.15) is 17.8 Å². The van der Waals surface area contributed by atoms with E-state index in [0.717, 1.165) is 48.9 Å². The molecule has 1 aliphatic heterocycles. The molecule has 6 nitrogen and oxygen atoms in total. The van der Waals surface area contributed by atoms with Crippen molar-refractivity contribution in [2.24, 2.45) is 0 Å². The lowest BCUT2D eigenvalue weighted by molar-refractivity contribution is -0.380. The van der Waals surface area contributed by atoms with Gasteiger partial charge in [-0.25, -0.2) is 0 Å². The van der Waals surface area contributed by atoms with E-state index in [2.05, 4.69) is 22.8 Å². The first kappa shape index (κ1) is 13.9. The van der Waals surface area contributed by atoms with Crippen LogP contribution in [0.15, 0.2) is 12.1 Å². The molecule has 0 N–H and O–H groups in total. The largest absolute Gasteiger partial charge is 0.324 e. The highest BCUT2D eigenvalue weighted by molar-refractivity contribution is 7.15. The first-order valence-electron chi connectivity index (χ1n) is 6.26. The smallest absolute Gasteiger partial charge is 0.301 e. The normalized spacial score (nSPS) is 18.9. The van der Waals surface area contributed by atoms with Crippen LogP contribution in [-0.4, -0.2) is 47.4 Å². The van der Waals surface area contributed by atoms with Crippen molar-refractivity contribution in [3.63, 3.8) is 0 Å². The first-order chi connectivity index (χ1) is 9.15. The Balaban J connectivity index is 2.08. The number of piperazine rings is 1. The molecule has 0 aliphatic carbocycles. The fraction of sp³-hybridized carbons (Fsp3) is 0.583. The van der Waals surface area contributed by atoms with Gasteiger partial charge in [-0.3, -0.25) is 15.0 Å². The molecular weight excluding hydrogens is 264 g/mol. The highest BCUT2D eigenvalue weighted by Crippen LogP contribution is 2.32. The molecule has 2 rings (SSSR count). The summed E-state index contributed by atoms with van der Waals surface area (Å²) >= 11 is 1.10. The lowest BCUT2D eigenvalue weighted by Crippen LogP contribution is -2.47. The molecule has 0 amide bonds. The van der Waals surface area contributed by atoms with Gasteiger partial charge in [0.2, 0.25) is 0 Å². The van der Waals surface area contributed by atoms with Gasteiger partial charge < -0.3 is 4.90 Å². The van der Waals surface area contributed by atoms with Gasteiger partial charge in [0.05, 0.1) is 11.0 Å². The molecule has 1 aromatic heterocycles. The molecule has 1 fully saturated rings. The van der Waals surface area contributed by atoms with Crippen LogP contribution in [0, 0.1) is 21.4 Å². The maximum absolute atomic E-state index is 10.7. The fourth-order valence-electron chi connectivity index (χ4n) is 2.25. The third kappa shape index (κ3) is 3.10. The maximum atomic E-state index is 10.7. The second-order valence-electron chi connectivity index (χ2n) is 4.43. The van der Waals surface area contributed by atoms with Crippen LogP contribution in [0.25, 0.3) is 0 Å². The molecule has 102 valence electrons. The predicted octanol–water partition coefficient (Wildman–Crippen LogP) is 1.86. The molecule has 0 bridgehead atoms. The molecule has 1 aliphatic rings. The molecule has 19 heavy (non-hydrogen) atoms. The SMILES string of the molecule is CCN1CCN(C(C#N)c2ccc([N+](=O)[O-])s2)CC1. The maximum Gasteiger partial charge on any atom is 0.324 e. The average Bonchev–Trinajstić information content (AvgIpc) is 2.90. The highest BCUT2D eigenvalue weighted by Gasteiger charge is 2.26. The van der Waals surface area contributed by atoms with Gasteiger partial charge in [0.15, 0.2) is 0 Å². The van der Waals surface area contributed by atoms with Gasteiger partial charge in [0.25, 0.3) is 0 Å². The van der Waals surface area contributed by atoms with E-state index >= 15 is 0 Å². The van der Waals surface area contributed by atoms with Crippen molar-refractivity contribution in [1.29, 1.82) is 5.26 Å². The summed E-state index contributed by atoms with van der Waals surface area (Å²) in [6.07, 6.45) is 0. The number of nitriles is 1. The summed E-state index contributed by atoms with van der Waals surface area (Å²) < 4.78 is 0. The van der Waals surface area contributed by atoms with Crippen molar-refractivity contribution in [2.45, 2.75) is 13.0 Å². The Morgan fingerprint density at radius 2 is 2.16 bits per heavy atom. The van der Waals surface area contributed by atoms with Crippen molar-refractivity contribution in [3.8, 4) is 6.07 Å². The summed E-state index contributed by atoms with van der Waals surface area (Å²) in [7, 11) is 0. The fourth-order valence-corrected chi connectivity index (χ4v) is 3.15. The Kier molecular flexibility index (Phi) is 4.47. The van der Waals surface area contributed by atoms with Crippen LogP contribution in [0.3, 0.4) is 0 Å². The molecule has 0 saturated carbocycles. The van der Waals surface area contributed by atoms with Gasteiger partial charge in [-0.15, -0.1) is 0 Å². The van der Waals surface area contributed by atoms with Crippen molar-refractivity contribution >= 4 is 16.3 Å². The van der Waals surface area contributed by atoms with Gasteiger partial charge in [0, 0.05) is 37.1 Å². The second-order valence-corrected chi connectivity index (χ2v) is 5.53. The molecule has 1 unspecified atom stereocenters. The van der Waals surface area contributed by atoms with Gasteiger partial charge >= 0.3 is 5.00 Å². The molecule has 1 saturated heterocycles. The topological polar surface area (TPSA) is 73.4 Å². The zero-order valence-electron chi connectivity index (χ0n) is 10.8. The van der Waals surface area contributed by atoms with Crippen molar-refractivity contribution in [1.82, 2.24) is 9.80 Å². The average molecular weight is 280 g/mol. The van der Waals surface area contributed by atoms with E-state index in [1.54, 1.807) is 6.07 Å². The zero-order valence-corrected chi connectivity index (χ0v) is 11.6. The van der Waals surface area contributed by atoms with E-state index in [1.807, 2.05) is 0 Å². The zero-order chi connectivity index (χ0) is 13.8. The van der Waals surface area contributed by atoms with Crippen LogP contribution in [0.4, 0.5) is 5.00 Å². The standard InChI is InChI=1S/C12H16N4O2S/c1-2-14-5-7-15(8-6-14)10(9-13)11-3-4-12(19-11)16(17)18/h3-4,10H,2,5-8H2,1H3. The summed E-state index contributed by atoms with van der Waals surface area (Å²) in [5.74, 6) is 0. The van der Waals surface area contributed by atoms with Gasteiger partial charge in [-0.2, -0.15) is 5.26 Å². The Bertz CT molecular complexity index is 488. The Hall–Kier alpha value is -1.49. The number of likely N-dealkylation sites (N-methyl/N-ethyl adjacent to an activating group) is 1. The molecule has 2 heterocycles. The third-order valence-corrected chi connectivity index (χ3v) is 4.49. The minimum absolute atomic E-state index is 0.0995. The number of nitro groups is 1. The number of hydrogen-bond acceptors (Lipinski definition) is 6. The van der Waals surface area contributed by atoms with Crippen molar-refractivity contribution in [3.05, 3.63) is 27.1 Å². The molecule has 0 aromatic carbocycles. The third-order valence-electron chi connectivity index (χ3n) is 3.40. The minimum Gasteiger partial charge on any atom is -0.301 e. The van der Waals surface area contributed by atoms with Crippen LogP contribution >= 0.6 is 11.3 Å². The van der Waals surface area contributed by atoms with Crippen LogP contribution in [0.5, 0.6) is 0 Å².